The van der Waals surface area contributed by atoms with Crippen molar-refractivity contribution in [1.82, 2.24) is 14.8 Å². The van der Waals surface area contributed by atoms with Crippen LogP contribution in [0.5, 0.6) is 0 Å². The molecule has 0 spiro atoms. The van der Waals surface area contributed by atoms with Crippen molar-refractivity contribution in [2.45, 2.75) is 39.5 Å². The summed E-state index contributed by atoms with van der Waals surface area (Å²) in [5.74, 6) is 0.809. The van der Waals surface area contributed by atoms with Gasteiger partial charge < -0.3 is 14.2 Å². The Bertz CT molecular complexity index is 575. The first-order chi connectivity index (χ1) is 10.6. The molecular formula is C16H23N3O3. The Morgan fingerprint density at radius 2 is 1.82 bits per heavy atom. The van der Waals surface area contributed by atoms with Crippen LogP contribution in [0.3, 0.4) is 0 Å². The SMILES string of the molecule is Cc1nc(C)c(C(=O)N2CC[C@H](C(=O)N3CCCCC3)C2)o1. The molecule has 0 bridgehead atoms. The van der Waals surface area contributed by atoms with Crippen molar-refractivity contribution in [2.24, 2.45) is 5.92 Å². The van der Waals surface area contributed by atoms with Crippen LogP contribution in [0.1, 0.15) is 47.8 Å². The second-order valence-corrected chi connectivity index (χ2v) is 6.27. The van der Waals surface area contributed by atoms with Crippen LogP contribution >= 0.6 is 0 Å². The van der Waals surface area contributed by atoms with Crippen LogP contribution in [0.4, 0.5) is 0 Å². The summed E-state index contributed by atoms with van der Waals surface area (Å²) in [5.41, 5.74) is 0.619. The number of hydrogen-bond donors (Lipinski definition) is 0. The van der Waals surface area contributed by atoms with Crippen molar-refractivity contribution in [2.75, 3.05) is 26.2 Å². The van der Waals surface area contributed by atoms with Crippen LogP contribution in [0.2, 0.25) is 0 Å². The van der Waals surface area contributed by atoms with Crippen molar-refractivity contribution >= 4 is 11.8 Å². The molecule has 0 N–H and O–H groups in total. The van der Waals surface area contributed by atoms with Gasteiger partial charge in [0.15, 0.2) is 5.89 Å². The number of aryl methyl sites for hydroxylation is 2. The lowest BCUT2D eigenvalue weighted by molar-refractivity contribution is -0.135. The second-order valence-electron chi connectivity index (χ2n) is 6.27. The standard InChI is InChI=1S/C16H23N3O3/c1-11-14(22-12(2)17-11)16(21)19-9-6-13(10-19)15(20)18-7-4-3-5-8-18/h13H,3-10H2,1-2H3/t13-/m0/s1. The van der Waals surface area contributed by atoms with E-state index in [-0.39, 0.29) is 17.7 Å². The maximum Gasteiger partial charge on any atom is 0.291 e. The molecule has 1 aromatic heterocycles. The highest BCUT2D eigenvalue weighted by Gasteiger charge is 2.35. The molecule has 2 fully saturated rings. The van der Waals surface area contributed by atoms with Crippen molar-refractivity contribution < 1.29 is 14.0 Å². The van der Waals surface area contributed by atoms with E-state index in [2.05, 4.69) is 4.98 Å². The van der Waals surface area contributed by atoms with Gasteiger partial charge in [0.1, 0.15) is 0 Å². The minimum atomic E-state index is -0.146. The predicted octanol–water partition coefficient (Wildman–Crippen LogP) is 1.77. The number of hydrogen-bond acceptors (Lipinski definition) is 4. The number of rotatable bonds is 2. The van der Waals surface area contributed by atoms with E-state index in [1.807, 2.05) is 4.90 Å². The number of carbonyl (C=O) groups excluding carboxylic acids is 2. The number of likely N-dealkylation sites (tertiary alicyclic amines) is 2. The summed E-state index contributed by atoms with van der Waals surface area (Å²) in [7, 11) is 0. The molecule has 22 heavy (non-hydrogen) atoms. The summed E-state index contributed by atoms with van der Waals surface area (Å²) in [6, 6.07) is 0. The first-order valence-corrected chi connectivity index (χ1v) is 8.08. The normalized spacial score (nSPS) is 22.2. The fraction of sp³-hybridized carbons (Fsp3) is 0.688. The zero-order valence-electron chi connectivity index (χ0n) is 13.3. The average Bonchev–Trinajstić information content (AvgIpc) is 3.13. The van der Waals surface area contributed by atoms with E-state index in [4.69, 9.17) is 4.42 Å². The Labute approximate surface area is 130 Å². The molecule has 1 aromatic rings. The molecule has 1 atom stereocenters. The second kappa shape index (κ2) is 6.10. The van der Waals surface area contributed by atoms with E-state index in [9.17, 15) is 9.59 Å². The number of piperidine rings is 1. The molecule has 0 aliphatic carbocycles. The van der Waals surface area contributed by atoms with E-state index in [1.165, 1.54) is 6.42 Å². The van der Waals surface area contributed by atoms with E-state index >= 15 is 0 Å². The first-order valence-electron chi connectivity index (χ1n) is 8.08. The lowest BCUT2D eigenvalue weighted by Crippen LogP contribution is -2.41. The first kappa shape index (κ1) is 15.1. The lowest BCUT2D eigenvalue weighted by atomic mass is 10.0. The summed E-state index contributed by atoms with van der Waals surface area (Å²) < 4.78 is 5.40. The molecule has 2 amide bonds. The van der Waals surface area contributed by atoms with Crippen LogP contribution in [-0.2, 0) is 4.79 Å². The van der Waals surface area contributed by atoms with E-state index in [0.29, 0.717) is 30.4 Å². The summed E-state index contributed by atoms with van der Waals surface area (Å²) in [6.07, 6.45) is 4.14. The molecule has 2 aliphatic heterocycles. The van der Waals surface area contributed by atoms with Gasteiger partial charge in [0.05, 0.1) is 11.6 Å². The van der Waals surface area contributed by atoms with E-state index in [1.54, 1.807) is 18.7 Å². The van der Waals surface area contributed by atoms with Crippen molar-refractivity contribution in [3.8, 4) is 0 Å². The van der Waals surface area contributed by atoms with Gasteiger partial charge in [-0.3, -0.25) is 9.59 Å². The topological polar surface area (TPSA) is 66.7 Å². The minimum absolute atomic E-state index is 0.0635. The van der Waals surface area contributed by atoms with Crippen molar-refractivity contribution in [3.05, 3.63) is 17.3 Å². The summed E-state index contributed by atoms with van der Waals surface area (Å²) in [5, 5.41) is 0. The average molecular weight is 305 g/mol. The van der Waals surface area contributed by atoms with Gasteiger partial charge in [0.2, 0.25) is 11.7 Å². The Hall–Kier alpha value is -1.85. The van der Waals surface area contributed by atoms with Gasteiger partial charge in [-0.2, -0.15) is 0 Å². The molecule has 3 heterocycles. The Morgan fingerprint density at radius 3 is 2.45 bits per heavy atom. The number of nitrogens with zero attached hydrogens (tertiary/aromatic N) is 3. The van der Waals surface area contributed by atoms with Crippen LogP contribution < -0.4 is 0 Å². The van der Waals surface area contributed by atoms with Crippen LogP contribution in [-0.4, -0.2) is 52.8 Å². The van der Waals surface area contributed by atoms with Gasteiger partial charge >= 0.3 is 0 Å². The van der Waals surface area contributed by atoms with Gasteiger partial charge in [-0.25, -0.2) is 4.98 Å². The number of aromatic nitrogens is 1. The number of amides is 2. The molecule has 3 rings (SSSR count). The zero-order chi connectivity index (χ0) is 15.7. The maximum absolute atomic E-state index is 12.5. The quantitative estimate of drug-likeness (QED) is 0.835. The molecule has 6 nitrogen and oxygen atoms in total. The Morgan fingerprint density at radius 1 is 1.09 bits per heavy atom. The minimum Gasteiger partial charge on any atom is -0.436 e. The molecule has 2 saturated heterocycles. The van der Waals surface area contributed by atoms with Gasteiger partial charge in [-0.05, 0) is 32.6 Å². The van der Waals surface area contributed by atoms with Crippen molar-refractivity contribution in [1.29, 1.82) is 0 Å². The summed E-state index contributed by atoms with van der Waals surface area (Å²) in [6.45, 7) is 6.34. The number of carbonyl (C=O) groups is 2. The molecule has 120 valence electrons. The molecule has 0 saturated carbocycles. The maximum atomic E-state index is 12.5. The fourth-order valence-electron chi connectivity index (χ4n) is 3.39. The third-order valence-corrected chi connectivity index (χ3v) is 4.59. The molecule has 6 heteroatoms. The predicted molar refractivity (Wildman–Crippen MR) is 80.4 cm³/mol. The van der Waals surface area contributed by atoms with E-state index < -0.39 is 0 Å². The summed E-state index contributed by atoms with van der Waals surface area (Å²) in [4.78, 5) is 32.8. The highest BCUT2D eigenvalue weighted by Crippen LogP contribution is 2.23. The molecular weight excluding hydrogens is 282 g/mol. The third kappa shape index (κ3) is 2.87. The van der Waals surface area contributed by atoms with Crippen LogP contribution in [0.15, 0.2) is 4.42 Å². The van der Waals surface area contributed by atoms with Crippen LogP contribution in [0.25, 0.3) is 0 Å². The number of oxazole rings is 1. The van der Waals surface area contributed by atoms with Gasteiger partial charge in [-0.15, -0.1) is 0 Å². The molecule has 2 aliphatic rings. The van der Waals surface area contributed by atoms with Crippen LogP contribution in [0, 0.1) is 19.8 Å². The van der Waals surface area contributed by atoms with Crippen molar-refractivity contribution in [3.63, 3.8) is 0 Å². The Balaban J connectivity index is 1.63. The Kier molecular flexibility index (Phi) is 4.18. The highest BCUT2D eigenvalue weighted by molar-refractivity contribution is 5.93. The molecule has 0 aromatic carbocycles. The smallest absolute Gasteiger partial charge is 0.291 e. The van der Waals surface area contributed by atoms with E-state index in [0.717, 1.165) is 32.4 Å². The largest absolute Gasteiger partial charge is 0.436 e. The fourth-order valence-corrected chi connectivity index (χ4v) is 3.39. The third-order valence-electron chi connectivity index (χ3n) is 4.59. The van der Waals surface area contributed by atoms with Gasteiger partial charge in [-0.1, -0.05) is 0 Å². The lowest BCUT2D eigenvalue weighted by Gasteiger charge is -2.29. The molecule has 0 radical (unpaired) electrons. The highest BCUT2D eigenvalue weighted by atomic mass is 16.4. The van der Waals surface area contributed by atoms with Gasteiger partial charge in [0, 0.05) is 33.1 Å². The summed E-state index contributed by atoms with van der Waals surface area (Å²) >= 11 is 0. The monoisotopic (exact) mass is 305 g/mol. The zero-order valence-corrected chi connectivity index (χ0v) is 13.3. The van der Waals surface area contributed by atoms with Gasteiger partial charge in [0.25, 0.3) is 5.91 Å². The molecule has 0 unspecified atom stereocenters.